The number of nitrogens with one attached hydrogen (secondary N) is 1. The van der Waals surface area contributed by atoms with Crippen molar-refractivity contribution in [3.05, 3.63) is 24.2 Å². The van der Waals surface area contributed by atoms with Gasteiger partial charge in [0.15, 0.2) is 0 Å². The first kappa shape index (κ1) is 10.7. The molecule has 0 aliphatic carbocycles. The van der Waals surface area contributed by atoms with E-state index in [9.17, 15) is 0 Å². The Balaban J connectivity index is 1.96. The van der Waals surface area contributed by atoms with Crippen molar-refractivity contribution in [2.45, 2.75) is 45.1 Å². The van der Waals surface area contributed by atoms with E-state index in [2.05, 4.69) is 25.2 Å². The van der Waals surface area contributed by atoms with Crippen molar-refractivity contribution in [3.63, 3.8) is 0 Å². The highest BCUT2D eigenvalue weighted by atomic mass is 16.3. The smallest absolute Gasteiger partial charge is 0.103 e. The van der Waals surface area contributed by atoms with Crippen molar-refractivity contribution in [1.82, 2.24) is 5.32 Å². The lowest BCUT2D eigenvalue weighted by molar-refractivity contribution is 0.247. The van der Waals surface area contributed by atoms with Gasteiger partial charge in [-0.15, -0.1) is 0 Å². The number of aryl methyl sites for hydroxylation is 1. The van der Waals surface area contributed by atoms with Crippen LogP contribution in [0, 0.1) is 5.92 Å². The summed E-state index contributed by atoms with van der Waals surface area (Å²) in [6, 6.07) is 4.04. The van der Waals surface area contributed by atoms with Crippen LogP contribution in [-0.2, 0) is 6.42 Å². The summed E-state index contributed by atoms with van der Waals surface area (Å²) < 4.78 is 5.39. The summed E-state index contributed by atoms with van der Waals surface area (Å²) in [4.78, 5) is 0. The molecule has 84 valence electrons. The first-order chi connectivity index (χ1) is 7.23. The molecule has 0 amide bonds. The van der Waals surface area contributed by atoms with Gasteiger partial charge >= 0.3 is 0 Å². The monoisotopic (exact) mass is 207 g/mol. The van der Waals surface area contributed by atoms with E-state index in [1.807, 2.05) is 6.07 Å². The lowest BCUT2D eigenvalue weighted by Gasteiger charge is -2.33. The predicted molar refractivity (Wildman–Crippen MR) is 61.8 cm³/mol. The average molecular weight is 207 g/mol. The molecule has 0 bridgehead atoms. The Morgan fingerprint density at radius 2 is 2.40 bits per heavy atom. The predicted octanol–water partition coefficient (Wildman–Crippen LogP) is 2.99. The van der Waals surface area contributed by atoms with Gasteiger partial charge in [-0.3, -0.25) is 0 Å². The Morgan fingerprint density at radius 1 is 1.53 bits per heavy atom. The largest absolute Gasteiger partial charge is 0.469 e. The number of rotatable bonds is 4. The maximum absolute atomic E-state index is 5.39. The van der Waals surface area contributed by atoms with Gasteiger partial charge in [-0.05, 0) is 43.9 Å². The molecule has 0 aromatic carbocycles. The zero-order valence-corrected chi connectivity index (χ0v) is 9.75. The van der Waals surface area contributed by atoms with E-state index in [0.717, 1.165) is 12.2 Å². The molecular formula is C13H21NO. The molecule has 2 heteroatoms. The van der Waals surface area contributed by atoms with E-state index in [1.165, 1.54) is 25.8 Å². The van der Waals surface area contributed by atoms with Crippen LogP contribution < -0.4 is 5.32 Å². The summed E-state index contributed by atoms with van der Waals surface area (Å²) in [5, 5.41) is 3.69. The maximum Gasteiger partial charge on any atom is 0.103 e. The van der Waals surface area contributed by atoms with Gasteiger partial charge in [-0.2, -0.15) is 0 Å². The lowest BCUT2D eigenvalue weighted by Crippen LogP contribution is -2.45. The highest BCUT2D eigenvalue weighted by molar-refractivity contribution is 5.03. The number of hydrogen-bond acceptors (Lipinski definition) is 2. The molecule has 0 saturated carbocycles. The van der Waals surface area contributed by atoms with Gasteiger partial charge in [0.2, 0.25) is 0 Å². The quantitative estimate of drug-likeness (QED) is 0.821. The van der Waals surface area contributed by atoms with Crippen LogP contribution in [0.1, 0.15) is 38.9 Å². The summed E-state index contributed by atoms with van der Waals surface area (Å²) >= 11 is 0. The van der Waals surface area contributed by atoms with Crippen LogP contribution in [0.3, 0.4) is 0 Å². The second kappa shape index (κ2) is 4.40. The molecule has 1 aromatic rings. The highest BCUT2D eigenvalue weighted by Crippen LogP contribution is 2.32. The molecule has 15 heavy (non-hydrogen) atoms. The molecule has 1 N–H and O–H groups in total. The Bertz CT molecular complexity index is 283. The SMILES string of the molecule is CC(C)C1(CCc2ccco2)CCCN1. The van der Waals surface area contributed by atoms with Gasteiger partial charge in [0.1, 0.15) is 5.76 Å². The van der Waals surface area contributed by atoms with Gasteiger partial charge in [-0.25, -0.2) is 0 Å². The molecular weight excluding hydrogens is 186 g/mol. The molecule has 1 fully saturated rings. The molecule has 1 aliphatic rings. The molecule has 2 heterocycles. The third-order valence-electron chi connectivity index (χ3n) is 3.78. The molecule has 0 radical (unpaired) electrons. The number of furan rings is 1. The summed E-state index contributed by atoms with van der Waals surface area (Å²) in [7, 11) is 0. The fourth-order valence-corrected chi connectivity index (χ4v) is 2.63. The molecule has 0 spiro atoms. The second-order valence-corrected chi connectivity index (χ2v) is 4.92. The van der Waals surface area contributed by atoms with Crippen molar-refractivity contribution in [2.24, 2.45) is 5.92 Å². The maximum atomic E-state index is 5.39. The molecule has 2 nitrogen and oxygen atoms in total. The summed E-state index contributed by atoms with van der Waals surface area (Å²) in [6.45, 7) is 5.82. The normalized spacial score (nSPS) is 26.3. The third-order valence-corrected chi connectivity index (χ3v) is 3.78. The minimum Gasteiger partial charge on any atom is -0.469 e. The molecule has 1 unspecified atom stereocenters. The van der Waals surface area contributed by atoms with E-state index in [4.69, 9.17) is 4.42 Å². The fraction of sp³-hybridized carbons (Fsp3) is 0.692. The first-order valence-corrected chi connectivity index (χ1v) is 6.00. The van der Waals surface area contributed by atoms with E-state index >= 15 is 0 Å². The molecule has 1 aromatic heterocycles. The Labute approximate surface area is 92.1 Å². The Hall–Kier alpha value is -0.760. The Kier molecular flexibility index (Phi) is 3.15. The van der Waals surface area contributed by atoms with Crippen molar-refractivity contribution in [3.8, 4) is 0 Å². The van der Waals surface area contributed by atoms with Crippen LogP contribution in [0.4, 0.5) is 0 Å². The summed E-state index contributed by atoms with van der Waals surface area (Å²) in [6.07, 6.45) is 6.64. The molecule has 1 atom stereocenters. The van der Waals surface area contributed by atoms with E-state index in [-0.39, 0.29) is 0 Å². The van der Waals surface area contributed by atoms with Crippen LogP contribution in [-0.4, -0.2) is 12.1 Å². The molecule has 1 aliphatic heterocycles. The highest BCUT2D eigenvalue weighted by Gasteiger charge is 2.35. The first-order valence-electron chi connectivity index (χ1n) is 6.00. The van der Waals surface area contributed by atoms with E-state index in [0.29, 0.717) is 11.5 Å². The Morgan fingerprint density at radius 3 is 2.93 bits per heavy atom. The van der Waals surface area contributed by atoms with E-state index < -0.39 is 0 Å². The molecule has 1 saturated heterocycles. The van der Waals surface area contributed by atoms with Gasteiger partial charge in [0.25, 0.3) is 0 Å². The zero-order valence-electron chi connectivity index (χ0n) is 9.75. The van der Waals surface area contributed by atoms with Crippen molar-refractivity contribution < 1.29 is 4.42 Å². The third kappa shape index (κ3) is 2.25. The van der Waals surface area contributed by atoms with Gasteiger partial charge in [0, 0.05) is 12.0 Å². The van der Waals surface area contributed by atoms with Gasteiger partial charge in [-0.1, -0.05) is 13.8 Å². The van der Waals surface area contributed by atoms with Gasteiger partial charge in [0.05, 0.1) is 6.26 Å². The second-order valence-electron chi connectivity index (χ2n) is 4.92. The van der Waals surface area contributed by atoms with Crippen LogP contribution in [0.25, 0.3) is 0 Å². The minimum atomic E-state index is 0.354. The van der Waals surface area contributed by atoms with Crippen molar-refractivity contribution in [2.75, 3.05) is 6.54 Å². The summed E-state index contributed by atoms with van der Waals surface area (Å²) in [5.41, 5.74) is 0.354. The average Bonchev–Trinajstić information content (AvgIpc) is 2.87. The lowest BCUT2D eigenvalue weighted by atomic mass is 9.81. The topological polar surface area (TPSA) is 25.2 Å². The van der Waals surface area contributed by atoms with Crippen molar-refractivity contribution >= 4 is 0 Å². The standard InChI is InChI=1S/C13H21NO/c1-11(2)13(7-4-9-14-13)8-6-12-5-3-10-15-12/h3,5,10-11,14H,4,6-9H2,1-2H3. The number of hydrogen-bond donors (Lipinski definition) is 1. The van der Waals surface area contributed by atoms with Crippen LogP contribution in [0.5, 0.6) is 0 Å². The van der Waals surface area contributed by atoms with Gasteiger partial charge < -0.3 is 9.73 Å². The summed E-state index contributed by atoms with van der Waals surface area (Å²) in [5.74, 6) is 1.82. The van der Waals surface area contributed by atoms with Crippen LogP contribution in [0.2, 0.25) is 0 Å². The van der Waals surface area contributed by atoms with Crippen LogP contribution in [0.15, 0.2) is 22.8 Å². The van der Waals surface area contributed by atoms with Crippen molar-refractivity contribution in [1.29, 1.82) is 0 Å². The van der Waals surface area contributed by atoms with Crippen LogP contribution >= 0.6 is 0 Å². The zero-order chi connectivity index (χ0) is 10.7. The molecule has 2 rings (SSSR count). The minimum absolute atomic E-state index is 0.354. The van der Waals surface area contributed by atoms with E-state index in [1.54, 1.807) is 6.26 Å². The fourth-order valence-electron chi connectivity index (χ4n) is 2.63.